The molecular formula is C56H100O6. The van der Waals surface area contributed by atoms with Crippen LogP contribution in [0.2, 0.25) is 0 Å². The van der Waals surface area contributed by atoms with E-state index in [-0.39, 0.29) is 31.1 Å². The first-order valence-corrected chi connectivity index (χ1v) is 26.6. The van der Waals surface area contributed by atoms with E-state index in [0.29, 0.717) is 19.3 Å². The maximum Gasteiger partial charge on any atom is 0.306 e. The monoisotopic (exact) mass is 869 g/mol. The zero-order valence-electron chi connectivity index (χ0n) is 41.1. The van der Waals surface area contributed by atoms with Gasteiger partial charge in [0, 0.05) is 19.3 Å². The molecule has 360 valence electrons. The van der Waals surface area contributed by atoms with Gasteiger partial charge < -0.3 is 14.2 Å². The number of rotatable bonds is 48. The molecule has 1 atom stereocenters. The van der Waals surface area contributed by atoms with E-state index in [1.54, 1.807) is 0 Å². The van der Waals surface area contributed by atoms with Gasteiger partial charge in [-0.1, -0.05) is 217 Å². The molecule has 0 aliphatic heterocycles. The zero-order valence-corrected chi connectivity index (χ0v) is 41.1. The van der Waals surface area contributed by atoms with Crippen LogP contribution >= 0.6 is 0 Å². The molecule has 0 N–H and O–H groups in total. The van der Waals surface area contributed by atoms with Gasteiger partial charge in [0.05, 0.1) is 0 Å². The summed E-state index contributed by atoms with van der Waals surface area (Å²) in [4.78, 5) is 38.0. The number of ether oxygens (including phenoxy) is 3. The lowest BCUT2D eigenvalue weighted by atomic mass is 10.1. The van der Waals surface area contributed by atoms with Crippen LogP contribution in [0.1, 0.15) is 271 Å². The fraction of sp³-hybridized carbons (Fsp3) is 0.804. The lowest BCUT2D eigenvalue weighted by molar-refractivity contribution is -0.167. The van der Waals surface area contributed by atoms with Crippen molar-refractivity contribution in [2.45, 2.75) is 277 Å². The highest BCUT2D eigenvalue weighted by Gasteiger charge is 2.19. The Morgan fingerprint density at radius 2 is 0.581 bits per heavy atom. The topological polar surface area (TPSA) is 78.9 Å². The van der Waals surface area contributed by atoms with Gasteiger partial charge in [-0.2, -0.15) is 0 Å². The Kier molecular flexibility index (Phi) is 48.8. The molecule has 0 bridgehead atoms. The van der Waals surface area contributed by atoms with E-state index in [1.165, 1.54) is 148 Å². The molecule has 0 aromatic carbocycles. The molecule has 6 nitrogen and oxygen atoms in total. The molecule has 0 rings (SSSR count). The van der Waals surface area contributed by atoms with Gasteiger partial charge in [0.1, 0.15) is 13.2 Å². The maximum atomic E-state index is 12.8. The van der Waals surface area contributed by atoms with Gasteiger partial charge in [0.25, 0.3) is 0 Å². The fourth-order valence-corrected chi connectivity index (χ4v) is 7.50. The molecule has 0 unspecified atom stereocenters. The average Bonchev–Trinajstić information content (AvgIpc) is 3.27. The molecular weight excluding hydrogens is 769 g/mol. The summed E-state index contributed by atoms with van der Waals surface area (Å²) in [6, 6.07) is 0. The van der Waals surface area contributed by atoms with Gasteiger partial charge >= 0.3 is 17.9 Å². The summed E-state index contributed by atoms with van der Waals surface area (Å²) in [5.74, 6) is -0.900. The lowest BCUT2D eigenvalue weighted by Crippen LogP contribution is -2.30. The van der Waals surface area contributed by atoms with Crippen molar-refractivity contribution in [3.63, 3.8) is 0 Å². The Morgan fingerprint density at radius 3 is 0.952 bits per heavy atom. The molecule has 0 saturated heterocycles. The SMILES string of the molecule is CCCCC/C=C\C/C=C\C/C=C\CCCCCCC(=O)OC[C@@H](COC(=O)CCCCCCCCCCCC)OC(=O)CCCCCCCCC/C=C\CCCCCCCC. The van der Waals surface area contributed by atoms with Crippen LogP contribution in [0.25, 0.3) is 0 Å². The van der Waals surface area contributed by atoms with Crippen molar-refractivity contribution in [3.05, 3.63) is 48.6 Å². The molecule has 0 aromatic rings. The quantitative estimate of drug-likeness (QED) is 0.0262. The Balaban J connectivity index is 4.37. The van der Waals surface area contributed by atoms with Gasteiger partial charge in [-0.3, -0.25) is 14.4 Å². The van der Waals surface area contributed by atoms with Gasteiger partial charge in [0.2, 0.25) is 0 Å². The van der Waals surface area contributed by atoms with E-state index in [4.69, 9.17) is 14.2 Å². The molecule has 0 fully saturated rings. The van der Waals surface area contributed by atoms with E-state index >= 15 is 0 Å². The van der Waals surface area contributed by atoms with Crippen LogP contribution in [0.3, 0.4) is 0 Å². The van der Waals surface area contributed by atoms with Crippen molar-refractivity contribution in [1.29, 1.82) is 0 Å². The first-order valence-electron chi connectivity index (χ1n) is 26.6. The molecule has 0 saturated carbocycles. The minimum Gasteiger partial charge on any atom is -0.462 e. The third-order valence-electron chi connectivity index (χ3n) is 11.6. The number of hydrogen-bond acceptors (Lipinski definition) is 6. The molecule has 6 heteroatoms. The van der Waals surface area contributed by atoms with Crippen molar-refractivity contribution >= 4 is 17.9 Å². The normalized spacial score (nSPS) is 12.4. The molecule has 0 amide bonds. The number of esters is 3. The van der Waals surface area contributed by atoms with E-state index in [9.17, 15) is 14.4 Å². The number of carbonyl (C=O) groups excluding carboxylic acids is 3. The Hall–Kier alpha value is -2.63. The molecule has 0 aliphatic carbocycles. The van der Waals surface area contributed by atoms with Gasteiger partial charge in [-0.25, -0.2) is 0 Å². The molecule has 0 heterocycles. The summed E-state index contributed by atoms with van der Waals surface area (Å²) in [6.07, 6.45) is 60.9. The van der Waals surface area contributed by atoms with Crippen LogP contribution in [0, 0.1) is 0 Å². The van der Waals surface area contributed by atoms with Crippen molar-refractivity contribution in [3.8, 4) is 0 Å². The highest BCUT2D eigenvalue weighted by Crippen LogP contribution is 2.15. The number of unbranched alkanes of at least 4 members (excludes halogenated alkanes) is 29. The van der Waals surface area contributed by atoms with Crippen LogP contribution in [-0.4, -0.2) is 37.2 Å². The summed E-state index contributed by atoms with van der Waals surface area (Å²) in [7, 11) is 0. The zero-order chi connectivity index (χ0) is 45.1. The van der Waals surface area contributed by atoms with Crippen LogP contribution < -0.4 is 0 Å². The van der Waals surface area contributed by atoms with Crippen LogP contribution in [-0.2, 0) is 28.6 Å². The summed E-state index contributed by atoms with van der Waals surface area (Å²) in [6.45, 7) is 6.59. The number of allylic oxidation sites excluding steroid dienone is 8. The third kappa shape index (κ3) is 48.4. The largest absolute Gasteiger partial charge is 0.462 e. The summed E-state index contributed by atoms with van der Waals surface area (Å²) < 4.78 is 16.8. The first kappa shape index (κ1) is 59.4. The van der Waals surface area contributed by atoms with Gasteiger partial charge in [-0.15, -0.1) is 0 Å². The molecule has 0 aromatic heterocycles. The average molecular weight is 869 g/mol. The molecule has 0 aliphatic rings. The van der Waals surface area contributed by atoms with Crippen molar-refractivity contribution in [1.82, 2.24) is 0 Å². The number of carbonyl (C=O) groups is 3. The maximum absolute atomic E-state index is 12.8. The lowest BCUT2D eigenvalue weighted by Gasteiger charge is -2.18. The molecule has 0 radical (unpaired) electrons. The summed E-state index contributed by atoms with van der Waals surface area (Å²) >= 11 is 0. The molecule has 62 heavy (non-hydrogen) atoms. The summed E-state index contributed by atoms with van der Waals surface area (Å²) in [5.41, 5.74) is 0. The van der Waals surface area contributed by atoms with Crippen LogP contribution in [0.5, 0.6) is 0 Å². The van der Waals surface area contributed by atoms with E-state index in [0.717, 1.165) is 83.5 Å². The van der Waals surface area contributed by atoms with E-state index in [1.807, 2.05) is 0 Å². The molecule has 0 spiro atoms. The second kappa shape index (κ2) is 51.0. The highest BCUT2D eigenvalue weighted by molar-refractivity contribution is 5.71. The predicted molar refractivity (Wildman–Crippen MR) is 265 cm³/mol. The van der Waals surface area contributed by atoms with Gasteiger partial charge in [-0.05, 0) is 83.5 Å². The Morgan fingerprint density at radius 1 is 0.323 bits per heavy atom. The van der Waals surface area contributed by atoms with Crippen LogP contribution in [0.15, 0.2) is 48.6 Å². The fourth-order valence-electron chi connectivity index (χ4n) is 7.50. The van der Waals surface area contributed by atoms with Crippen molar-refractivity contribution in [2.24, 2.45) is 0 Å². The Labute approximate surface area is 384 Å². The predicted octanol–water partition coefficient (Wildman–Crippen LogP) is 17.5. The first-order chi connectivity index (χ1) is 30.5. The van der Waals surface area contributed by atoms with Crippen molar-refractivity contribution in [2.75, 3.05) is 13.2 Å². The minimum atomic E-state index is -0.781. The second-order valence-corrected chi connectivity index (χ2v) is 17.8. The third-order valence-corrected chi connectivity index (χ3v) is 11.6. The summed E-state index contributed by atoms with van der Waals surface area (Å²) in [5, 5.41) is 0. The van der Waals surface area contributed by atoms with E-state index < -0.39 is 6.10 Å². The van der Waals surface area contributed by atoms with E-state index in [2.05, 4.69) is 69.4 Å². The minimum absolute atomic E-state index is 0.0800. The highest BCUT2D eigenvalue weighted by atomic mass is 16.6. The second-order valence-electron chi connectivity index (χ2n) is 17.8. The van der Waals surface area contributed by atoms with Crippen LogP contribution in [0.4, 0.5) is 0 Å². The van der Waals surface area contributed by atoms with Gasteiger partial charge in [0.15, 0.2) is 6.10 Å². The standard InChI is InChI=1S/C56H100O6/c1-4-7-10-13-16-19-22-24-26-28-30-32-34-37-40-43-46-49-55(58)61-52-53(51-60-54(57)48-45-42-39-36-21-18-15-12-9-6-3)62-56(59)50-47-44-41-38-35-33-31-29-27-25-23-20-17-14-11-8-5-2/h16,19,24-27,30,32,53H,4-15,17-18,20-23,28-29,31,33-52H2,1-3H3/b19-16-,26-24-,27-25-,32-30-/t53-/m1/s1. The Bertz CT molecular complexity index is 1090. The smallest absolute Gasteiger partial charge is 0.306 e. The number of hydrogen-bond donors (Lipinski definition) is 0. The van der Waals surface area contributed by atoms with Crippen molar-refractivity contribution < 1.29 is 28.6 Å².